The molecule has 0 aliphatic carbocycles. The Bertz CT molecular complexity index is 397. The Balaban J connectivity index is 2.64. The van der Waals surface area contributed by atoms with E-state index in [9.17, 15) is 4.39 Å². The molecule has 0 spiro atoms. The fourth-order valence-corrected chi connectivity index (χ4v) is 2.22. The zero-order valence-corrected chi connectivity index (χ0v) is 12.1. The Morgan fingerprint density at radius 3 is 2.17 bits per heavy atom. The van der Waals surface area contributed by atoms with Crippen molar-refractivity contribution in [2.45, 2.75) is 33.7 Å². The van der Waals surface area contributed by atoms with Crippen molar-refractivity contribution < 1.29 is 4.39 Å². The predicted octanol–water partition coefficient (Wildman–Crippen LogP) is 3.79. The number of nitrogens with one attached hydrogen (secondary N) is 2. The van der Waals surface area contributed by atoms with Gasteiger partial charge < -0.3 is 10.6 Å². The molecule has 18 heavy (non-hydrogen) atoms. The number of hydrogen-bond acceptors (Lipinski definition) is 1. The molecule has 0 aliphatic heterocycles. The Morgan fingerprint density at radius 2 is 1.67 bits per heavy atom. The molecule has 4 heteroatoms. The summed E-state index contributed by atoms with van der Waals surface area (Å²) < 4.78 is 13.5. The van der Waals surface area contributed by atoms with Crippen LogP contribution >= 0.6 is 12.2 Å². The SMILES string of the molecule is CC(C)C(NC(=S)Nc1ccccc1F)C(C)C. The van der Waals surface area contributed by atoms with Crippen molar-refractivity contribution in [1.29, 1.82) is 0 Å². The van der Waals surface area contributed by atoms with E-state index in [2.05, 4.69) is 38.3 Å². The maximum atomic E-state index is 13.5. The second-order valence-electron chi connectivity index (χ2n) is 5.09. The lowest BCUT2D eigenvalue weighted by molar-refractivity contribution is 0.356. The summed E-state index contributed by atoms with van der Waals surface area (Å²) in [6.45, 7) is 8.57. The van der Waals surface area contributed by atoms with Crippen LogP contribution in [-0.2, 0) is 0 Å². The Labute approximate surface area is 114 Å². The zero-order chi connectivity index (χ0) is 13.7. The molecule has 0 saturated carbocycles. The van der Waals surface area contributed by atoms with Crippen LogP contribution in [0, 0.1) is 17.7 Å². The van der Waals surface area contributed by atoms with Crippen molar-refractivity contribution in [3.8, 4) is 0 Å². The van der Waals surface area contributed by atoms with E-state index in [4.69, 9.17) is 12.2 Å². The predicted molar refractivity (Wildman–Crippen MR) is 79.2 cm³/mol. The topological polar surface area (TPSA) is 24.1 Å². The number of halogens is 1. The highest BCUT2D eigenvalue weighted by Gasteiger charge is 2.18. The molecule has 0 radical (unpaired) electrons. The molecule has 0 aromatic heterocycles. The zero-order valence-electron chi connectivity index (χ0n) is 11.3. The van der Waals surface area contributed by atoms with Crippen LogP contribution in [0.3, 0.4) is 0 Å². The fraction of sp³-hybridized carbons (Fsp3) is 0.500. The van der Waals surface area contributed by atoms with Gasteiger partial charge in [-0.3, -0.25) is 0 Å². The molecule has 2 N–H and O–H groups in total. The van der Waals surface area contributed by atoms with Crippen LogP contribution in [0.1, 0.15) is 27.7 Å². The molecule has 100 valence electrons. The smallest absolute Gasteiger partial charge is 0.171 e. The quantitative estimate of drug-likeness (QED) is 0.812. The highest BCUT2D eigenvalue weighted by Crippen LogP contribution is 2.14. The van der Waals surface area contributed by atoms with Crippen LogP contribution < -0.4 is 10.6 Å². The van der Waals surface area contributed by atoms with Crippen molar-refractivity contribution in [2.75, 3.05) is 5.32 Å². The summed E-state index contributed by atoms with van der Waals surface area (Å²) in [5, 5.41) is 6.61. The van der Waals surface area contributed by atoms with Gasteiger partial charge in [0.05, 0.1) is 5.69 Å². The average molecular weight is 268 g/mol. The van der Waals surface area contributed by atoms with Gasteiger partial charge in [-0.05, 0) is 36.2 Å². The molecule has 1 rings (SSSR count). The lowest BCUT2D eigenvalue weighted by Gasteiger charge is -2.27. The maximum Gasteiger partial charge on any atom is 0.171 e. The van der Waals surface area contributed by atoms with E-state index < -0.39 is 0 Å². The van der Waals surface area contributed by atoms with Gasteiger partial charge in [0.2, 0.25) is 0 Å². The van der Waals surface area contributed by atoms with Gasteiger partial charge in [-0.1, -0.05) is 39.8 Å². The summed E-state index contributed by atoms with van der Waals surface area (Å²) in [5.74, 6) is 0.628. The van der Waals surface area contributed by atoms with Crippen LogP contribution in [0.5, 0.6) is 0 Å². The van der Waals surface area contributed by atoms with Gasteiger partial charge in [0, 0.05) is 6.04 Å². The third-order valence-corrected chi connectivity index (χ3v) is 3.08. The van der Waals surface area contributed by atoms with Crippen molar-refractivity contribution in [1.82, 2.24) is 5.32 Å². The first-order valence-electron chi connectivity index (χ1n) is 6.24. The minimum Gasteiger partial charge on any atom is -0.359 e. The van der Waals surface area contributed by atoms with E-state index in [0.29, 0.717) is 22.6 Å². The average Bonchev–Trinajstić information content (AvgIpc) is 2.28. The molecule has 0 atom stereocenters. The number of anilines is 1. The molecular formula is C14H21FN2S. The van der Waals surface area contributed by atoms with E-state index in [1.807, 2.05) is 0 Å². The van der Waals surface area contributed by atoms with E-state index in [1.165, 1.54) is 6.07 Å². The van der Waals surface area contributed by atoms with E-state index in [1.54, 1.807) is 18.2 Å². The molecule has 0 heterocycles. The van der Waals surface area contributed by atoms with Crippen molar-refractivity contribution in [3.05, 3.63) is 30.1 Å². The van der Waals surface area contributed by atoms with Crippen LogP contribution in [0.15, 0.2) is 24.3 Å². The summed E-state index contributed by atoms with van der Waals surface area (Å²) in [7, 11) is 0. The molecule has 0 amide bonds. The van der Waals surface area contributed by atoms with E-state index in [0.717, 1.165) is 0 Å². The Hall–Kier alpha value is -1.16. The van der Waals surface area contributed by atoms with E-state index in [-0.39, 0.29) is 11.9 Å². The highest BCUT2D eigenvalue weighted by atomic mass is 32.1. The van der Waals surface area contributed by atoms with Gasteiger partial charge in [-0.15, -0.1) is 0 Å². The Kier molecular flexibility index (Phi) is 5.54. The molecular weight excluding hydrogens is 247 g/mol. The van der Waals surface area contributed by atoms with Crippen LogP contribution in [0.2, 0.25) is 0 Å². The van der Waals surface area contributed by atoms with Crippen LogP contribution in [-0.4, -0.2) is 11.2 Å². The monoisotopic (exact) mass is 268 g/mol. The number of rotatable bonds is 4. The minimum absolute atomic E-state index is 0.275. The summed E-state index contributed by atoms with van der Waals surface area (Å²) >= 11 is 5.22. The third kappa shape index (κ3) is 4.26. The first-order chi connectivity index (χ1) is 8.41. The molecule has 0 aliphatic rings. The fourth-order valence-electron chi connectivity index (χ4n) is 1.98. The molecule has 0 unspecified atom stereocenters. The summed E-state index contributed by atoms with van der Waals surface area (Å²) in [4.78, 5) is 0. The molecule has 0 fully saturated rings. The maximum absolute atomic E-state index is 13.5. The van der Waals surface area contributed by atoms with Crippen LogP contribution in [0.25, 0.3) is 0 Å². The Morgan fingerprint density at radius 1 is 1.11 bits per heavy atom. The molecule has 1 aromatic rings. The third-order valence-electron chi connectivity index (χ3n) is 2.86. The number of para-hydroxylation sites is 1. The van der Waals surface area contributed by atoms with Crippen molar-refractivity contribution in [3.63, 3.8) is 0 Å². The minimum atomic E-state index is -0.299. The van der Waals surface area contributed by atoms with Crippen LogP contribution in [0.4, 0.5) is 10.1 Å². The molecule has 2 nitrogen and oxygen atoms in total. The van der Waals surface area contributed by atoms with Crippen molar-refractivity contribution >= 4 is 23.0 Å². The van der Waals surface area contributed by atoms with Gasteiger partial charge >= 0.3 is 0 Å². The number of benzene rings is 1. The molecule has 0 bridgehead atoms. The number of hydrogen-bond donors (Lipinski definition) is 2. The van der Waals surface area contributed by atoms with E-state index >= 15 is 0 Å². The molecule has 1 aromatic carbocycles. The van der Waals surface area contributed by atoms with Gasteiger partial charge in [-0.25, -0.2) is 4.39 Å². The second-order valence-corrected chi connectivity index (χ2v) is 5.50. The first kappa shape index (κ1) is 14.9. The summed E-state index contributed by atoms with van der Waals surface area (Å²) in [6.07, 6.45) is 0. The second kappa shape index (κ2) is 6.69. The normalized spacial score (nSPS) is 11.1. The first-order valence-corrected chi connectivity index (χ1v) is 6.64. The van der Waals surface area contributed by atoms with Crippen molar-refractivity contribution in [2.24, 2.45) is 11.8 Å². The van der Waals surface area contributed by atoms with Gasteiger partial charge in [0.25, 0.3) is 0 Å². The van der Waals surface area contributed by atoms with Gasteiger partial charge in [-0.2, -0.15) is 0 Å². The lowest BCUT2D eigenvalue weighted by atomic mass is 9.93. The standard InChI is InChI=1S/C14H21FN2S/c1-9(2)13(10(3)4)17-14(18)16-12-8-6-5-7-11(12)15/h5-10,13H,1-4H3,(H2,16,17,18). The lowest BCUT2D eigenvalue weighted by Crippen LogP contribution is -2.44. The summed E-state index contributed by atoms with van der Waals surface area (Å²) in [5.41, 5.74) is 0.404. The largest absolute Gasteiger partial charge is 0.359 e. The van der Waals surface area contributed by atoms with Gasteiger partial charge in [0.1, 0.15) is 5.82 Å². The van der Waals surface area contributed by atoms with Gasteiger partial charge in [0.15, 0.2) is 5.11 Å². The highest BCUT2D eigenvalue weighted by molar-refractivity contribution is 7.80. The number of thiocarbonyl (C=S) groups is 1. The summed E-state index contributed by atoms with van der Waals surface area (Å²) in [6, 6.07) is 6.78. The molecule has 0 saturated heterocycles.